The fourth-order valence-corrected chi connectivity index (χ4v) is 5.27. The van der Waals surface area contributed by atoms with Crippen molar-refractivity contribution in [1.29, 1.82) is 0 Å². The second-order valence-electron chi connectivity index (χ2n) is 3.31. The summed E-state index contributed by atoms with van der Waals surface area (Å²) in [4.78, 5) is 0. The largest absolute Gasteiger partial charge is 0.258 e. The zero-order chi connectivity index (χ0) is 10.7. The van der Waals surface area contributed by atoms with E-state index in [0.29, 0.717) is 11.5 Å². The summed E-state index contributed by atoms with van der Waals surface area (Å²) in [5.74, 6) is 1.13. The van der Waals surface area contributed by atoms with E-state index >= 15 is 0 Å². The van der Waals surface area contributed by atoms with Gasteiger partial charge >= 0.3 is 0 Å². The lowest BCUT2D eigenvalue weighted by atomic mass is 10.2. The van der Waals surface area contributed by atoms with Gasteiger partial charge in [-0.3, -0.25) is 8.42 Å². The van der Waals surface area contributed by atoms with Gasteiger partial charge in [-0.1, -0.05) is 42.5 Å². The molecule has 80 valence electrons. The Kier molecular flexibility index (Phi) is 3.49. The molecule has 0 spiro atoms. The second kappa shape index (κ2) is 4.86. The van der Waals surface area contributed by atoms with Crippen molar-refractivity contribution in [2.45, 2.75) is 4.58 Å². The van der Waals surface area contributed by atoms with Crippen LogP contribution < -0.4 is 0 Å². The highest BCUT2D eigenvalue weighted by molar-refractivity contribution is 8.06. The van der Waals surface area contributed by atoms with Gasteiger partial charge in [-0.15, -0.1) is 0 Å². The summed E-state index contributed by atoms with van der Waals surface area (Å²) in [6, 6.07) is 9.78. The highest BCUT2D eigenvalue weighted by atomic mass is 32.3. The summed E-state index contributed by atoms with van der Waals surface area (Å²) in [5, 5.41) is 0. The van der Waals surface area contributed by atoms with Crippen molar-refractivity contribution in [2.24, 2.45) is 0 Å². The van der Waals surface area contributed by atoms with Crippen LogP contribution in [-0.2, 0) is 21.6 Å². The average Bonchev–Trinajstić information content (AvgIpc) is 2.58. The van der Waals surface area contributed by atoms with E-state index in [1.54, 1.807) is 0 Å². The van der Waals surface area contributed by atoms with Crippen molar-refractivity contribution in [3.8, 4) is 0 Å². The SMILES string of the molecule is O=[S@]1CC[S@](=O)C1/C=C/c1ccccc1. The maximum Gasteiger partial charge on any atom is 0.128 e. The van der Waals surface area contributed by atoms with Crippen LogP contribution in [-0.4, -0.2) is 24.5 Å². The van der Waals surface area contributed by atoms with E-state index < -0.39 is 21.6 Å². The molecule has 1 aromatic rings. The minimum Gasteiger partial charge on any atom is -0.258 e. The number of benzene rings is 1. The van der Waals surface area contributed by atoms with Crippen molar-refractivity contribution >= 4 is 27.7 Å². The fraction of sp³-hybridized carbons (Fsp3) is 0.273. The third kappa shape index (κ3) is 2.63. The van der Waals surface area contributed by atoms with E-state index in [1.165, 1.54) is 0 Å². The molecule has 1 fully saturated rings. The number of rotatable bonds is 2. The first-order valence-electron chi connectivity index (χ1n) is 4.75. The van der Waals surface area contributed by atoms with Gasteiger partial charge in [0.1, 0.15) is 4.58 Å². The molecule has 0 unspecified atom stereocenters. The van der Waals surface area contributed by atoms with Crippen molar-refractivity contribution in [3.05, 3.63) is 42.0 Å². The third-order valence-corrected chi connectivity index (χ3v) is 6.36. The Morgan fingerprint density at radius 3 is 2.27 bits per heavy atom. The predicted octanol–water partition coefficient (Wildman–Crippen LogP) is 1.54. The first-order valence-corrected chi connectivity index (χ1v) is 7.51. The van der Waals surface area contributed by atoms with Crippen LogP contribution in [0.2, 0.25) is 0 Å². The summed E-state index contributed by atoms with van der Waals surface area (Å²) >= 11 is 0. The van der Waals surface area contributed by atoms with Gasteiger partial charge in [0, 0.05) is 33.1 Å². The van der Waals surface area contributed by atoms with Crippen LogP contribution in [0.15, 0.2) is 36.4 Å². The second-order valence-corrected chi connectivity index (χ2v) is 6.96. The molecule has 2 atom stereocenters. The van der Waals surface area contributed by atoms with E-state index in [1.807, 2.05) is 42.5 Å². The average molecular weight is 240 g/mol. The van der Waals surface area contributed by atoms with Crippen molar-refractivity contribution in [3.63, 3.8) is 0 Å². The van der Waals surface area contributed by atoms with Crippen LogP contribution in [0.5, 0.6) is 0 Å². The Labute approximate surface area is 94.3 Å². The monoisotopic (exact) mass is 240 g/mol. The summed E-state index contributed by atoms with van der Waals surface area (Å²) < 4.78 is 22.7. The highest BCUT2D eigenvalue weighted by Crippen LogP contribution is 2.15. The van der Waals surface area contributed by atoms with E-state index in [0.717, 1.165) is 5.56 Å². The lowest BCUT2D eigenvalue weighted by molar-refractivity contribution is 0.682. The van der Waals surface area contributed by atoms with Gasteiger partial charge in [-0.05, 0) is 5.56 Å². The quantitative estimate of drug-likeness (QED) is 0.786. The summed E-state index contributed by atoms with van der Waals surface area (Å²) in [6.45, 7) is 0. The van der Waals surface area contributed by atoms with Crippen LogP contribution in [0.4, 0.5) is 0 Å². The van der Waals surface area contributed by atoms with Gasteiger partial charge in [0.05, 0.1) is 0 Å². The molecule has 0 aliphatic carbocycles. The Hall–Kier alpha value is -0.740. The first-order chi connectivity index (χ1) is 7.27. The van der Waals surface area contributed by atoms with E-state index in [9.17, 15) is 8.42 Å². The number of hydrogen-bond acceptors (Lipinski definition) is 2. The van der Waals surface area contributed by atoms with Gasteiger partial charge in [-0.2, -0.15) is 0 Å². The zero-order valence-corrected chi connectivity index (χ0v) is 9.80. The molecule has 2 nitrogen and oxygen atoms in total. The normalized spacial score (nSPS) is 27.5. The molecule has 1 aliphatic heterocycles. The lowest BCUT2D eigenvalue weighted by Gasteiger charge is -1.99. The van der Waals surface area contributed by atoms with Gasteiger partial charge in [0.15, 0.2) is 0 Å². The van der Waals surface area contributed by atoms with Crippen LogP contribution in [0, 0.1) is 0 Å². The molecule has 1 heterocycles. The molecule has 0 saturated carbocycles. The molecule has 1 aromatic carbocycles. The molecule has 0 amide bonds. The van der Waals surface area contributed by atoms with E-state index in [2.05, 4.69) is 0 Å². The van der Waals surface area contributed by atoms with E-state index in [-0.39, 0.29) is 4.58 Å². The molecule has 0 aromatic heterocycles. The van der Waals surface area contributed by atoms with E-state index in [4.69, 9.17) is 0 Å². The maximum atomic E-state index is 11.5. The molecule has 2 rings (SSSR count). The van der Waals surface area contributed by atoms with Gasteiger partial charge in [0.2, 0.25) is 0 Å². The molecule has 15 heavy (non-hydrogen) atoms. The van der Waals surface area contributed by atoms with Crippen molar-refractivity contribution < 1.29 is 8.42 Å². The molecule has 4 heteroatoms. The zero-order valence-electron chi connectivity index (χ0n) is 8.17. The Morgan fingerprint density at radius 2 is 1.67 bits per heavy atom. The minimum atomic E-state index is -0.951. The van der Waals surface area contributed by atoms with Gasteiger partial charge in [-0.25, -0.2) is 0 Å². The predicted molar refractivity (Wildman–Crippen MR) is 65.3 cm³/mol. The Morgan fingerprint density at radius 1 is 1.07 bits per heavy atom. The van der Waals surface area contributed by atoms with Crippen LogP contribution >= 0.6 is 0 Å². The highest BCUT2D eigenvalue weighted by Gasteiger charge is 2.27. The number of hydrogen-bond donors (Lipinski definition) is 0. The van der Waals surface area contributed by atoms with Crippen LogP contribution in [0.25, 0.3) is 6.08 Å². The Bertz CT molecular complexity index is 396. The fourth-order valence-electron chi connectivity index (χ4n) is 1.45. The van der Waals surface area contributed by atoms with Crippen LogP contribution in [0.3, 0.4) is 0 Å². The Balaban J connectivity index is 2.12. The minimum absolute atomic E-state index is 0.273. The van der Waals surface area contributed by atoms with Crippen molar-refractivity contribution in [1.82, 2.24) is 0 Å². The third-order valence-electron chi connectivity index (χ3n) is 2.25. The lowest BCUT2D eigenvalue weighted by Crippen LogP contribution is -2.09. The molecule has 0 bridgehead atoms. The molecule has 1 aliphatic rings. The molecule has 0 N–H and O–H groups in total. The van der Waals surface area contributed by atoms with Crippen molar-refractivity contribution in [2.75, 3.05) is 11.5 Å². The maximum absolute atomic E-state index is 11.5. The summed E-state index contributed by atoms with van der Waals surface area (Å²) in [7, 11) is -1.90. The molecule has 1 saturated heterocycles. The molecular weight excluding hydrogens is 228 g/mol. The molecule has 0 radical (unpaired) electrons. The molecular formula is C11H12O2S2. The standard InChI is InChI=1S/C11H12O2S2/c12-14-8-9-15(13)11(14)7-6-10-4-2-1-3-5-10/h1-7,11H,8-9H2/b7-6+/t14-,15-/m0/s1. The topological polar surface area (TPSA) is 34.1 Å². The van der Waals surface area contributed by atoms with Gasteiger partial charge < -0.3 is 0 Å². The summed E-state index contributed by atoms with van der Waals surface area (Å²) in [5.41, 5.74) is 1.05. The summed E-state index contributed by atoms with van der Waals surface area (Å²) in [6.07, 6.45) is 3.71. The van der Waals surface area contributed by atoms with Crippen LogP contribution in [0.1, 0.15) is 5.56 Å². The smallest absolute Gasteiger partial charge is 0.128 e. The first kappa shape index (κ1) is 10.8. The van der Waals surface area contributed by atoms with Gasteiger partial charge in [0.25, 0.3) is 0 Å².